The van der Waals surface area contributed by atoms with E-state index in [1.807, 2.05) is 0 Å². The average molecular weight is 311 g/mol. The van der Waals surface area contributed by atoms with Crippen molar-refractivity contribution in [1.29, 1.82) is 0 Å². The van der Waals surface area contributed by atoms with Gasteiger partial charge in [0.05, 0.1) is 5.56 Å². The van der Waals surface area contributed by atoms with Crippen LogP contribution in [-0.2, 0) is 11.0 Å². The van der Waals surface area contributed by atoms with E-state index in [1.165, 1.54) is 18.2 Å². The molecule has 0 aliphatic carbocycles. The third-order valence-electron chi connectivity index (χ3n) is 2.97. The third-order valence-corrected chi connectivity index (χ3v) is 2.97. The highest BCUT2D eigenvalue weighted by molar-refractivity contribution is 5.89. The van der Waals surface area contributed by atoms with Crippen LogP contribution in [0.5, 0.6) is 5.75 Å². The van der Waals surface area contributed by atoms with Crippen molar-refractivity contribution in [2.45, 2.75) is 18.0 Å². The van der Waals surface area contributed by atoms with Crippen molar-refractivity contribution in [1.82, 2.24) is 0 Å². The van der Waals surface area contributed by atoms with Gasteiger partial charge in [0.25, 0.3) is 0 Å². The van der Waals surface area contributed by atoms with E-state index in [1.54, 1.807) is 0 Å². The fraction of sp³-hybridized carbons (Fsp3) is 0.231. The van der Waals surface area contributed by atoms with Crippen LogP contribution in [0.3, 0.4) is 0 Å². The molecule has 8 heteroatoms. The zero-order chi connectivity index (χ0) is 16.1. The summed E-state index contributed by atoms with van der Waals surface area (Å²) in [4.78, 5) is 0. The molecule has 0 aromatic heterocycles. The van der Waals surface area contributed by atoms with Crippen LogP contribution < -0.4 is 0 Å². The molecule has 21 heavy (non-hydrogen) atoms. The van der Waals surface area contributed by atoms with E-state index in [9.17, 15) is 35.8 Å². The summed E-state index contributed by atoms with van der Waals surface area (Å²) < 4.78 is 89.4. The zero-order valence-corrected chi connectivity index (χ0v) is 10.0. The number of benzene rings is 2. The number of alkyl halides is 7. The predicted molar refractivity (Wildman–Crippen MR) is 59.0 cm³/mol. The number of hydrogen-bond donors (Lipinski definition) is 0. The molecular weight excluding hydrogens is 305 g/mol. The van der Waals surface area contributed by atoms with Crippen LogP contribution >= 0.6 is 0 Å². The highest BCUT2D eigenvalue weighted by Crippen LogP contribution is 2.54. The van der Waals surface area contributed by atoms with Gasteiger partial charge >= 0.3 is 18.0 Å². The first-order chi connectivity index (χ1) is 9.50. The fourth-order valence-corrected chi connectivity index (χ4v) is 1.84. The predicted octanol–water partition coefficient (Wildman–Crippen LogP) is 5.27. The summed E-state index contributed by atoms with van der Waals surface area (Å²) in [6, 6.07) is 6.36. The molecule has 0 fully saturated rings. The maximum absolute atomic E-state index is 13.5. The smallest absolute Gasteiger partial charge is 0.289 e. The van der Waals surface area contributed by atoms with Crippen LogP contribution in [0.1, 0.15) is 5.56 Å². The molecule has 2 aromatic carbocycles. The first-order valence-electron chi connectivity index (χ1n) is 5.52. The van der Waals surface area contributed by atoms with Gasteiger partial charge in [-0.05, 0) is 11.5 Å². The van der Waals surface area contributed by atoms with Crippen molar-refractivity contribution in [3.05, 3.63) is 42.0 Å². The van der Waals surface area contributed by atoms with Crippen LogP contribution in [0.25, 0.3) is 10.8 Å². The van der Waals surface area contributed by atoms with Gasteiger partial charge in [-0.25, -0.2) is 0 Å². The van der Waals surface area contributed by atoms with Gasteiger partial charge in [0, 0.05) is 5.39 Å². The highest BCUT2D eigenvalue weighted by atomic mass is 19.4. The summed E-state index contributed by atoms with van der Waals surface area (Å²) in [5.74, 6) is -13.6. The Morgan fingerprint density at radius 3 is 1.90 bits per heavy atom. The van der Waals surface area contributed by atoms with Gasteiger partial charge in [-0.2, -0.15) is 30.7 Å². The molecule has 0 bridgehead atoms. The molecule has 0 atom stereocenters. The summed E-state index contributed by atoms with van der Waals surface area (Å²) >= 11 is 0. The van der Waals surface area contributed by atoms with Crippen molar-refractivity contribution in [2.75, 3.05) is 0 Å². The molecule has 2 rings (SSSR count). The largest absolute Gasteiger partial charge is 0.460 e. The van der Waals surface area contributed by atoms with Gasteiger partial charge in [0.15, 0.2) is 5.75 Å². The maximum atomic E-state index is 13.5. The molecule has 0 spiro atoms. The molecule has 0 aliphatic heterocycles. The minimum atomic E-state index is -6.48. The highest BCUT2D eigenvalue weighted by Gasteiger charge is 2.74. The Hall–Kier alpha value is -1.99. The molecule has 0 saturated heterocycles. The van der Waals surface area contributed by atoms with E-state index in [-0.39, 0.29) is 10.8 Å². The SMILES string of the molecule is [O]c1c(C(F)(F)C(F)(F)C(F)(F)F)ccc2ccccc12. The van der Waals surface area contributed by atoms with Crippen LogP contribution in [0, 0.1) is 0 Å². The average Bonchev–Trinajstić information content (AvgIpc) is 2.37. The Morgan fingerprint density at radius 2 is 1.33 bits per heavy atom. The zero-order valence-electron chi connectivity index (χ0n) is 10.0. The molecule has 0 heterocycles. The Morgan fingerprint density at radius 1 is 0.762 bits per heavy atom. The quantitative estimate of drug-likeness (QED) is 0.673. The molecule has 1 radical (unpaired) electrons. The van der Waals surface area contributed by atoms with Gasteiger partial charge in [-0.15, -0.1) is 0 Å². The lowest BCUT2D eigenvalue weighted by atomic mass is 9.97. The van der Waals surface area contributed by atoms with Crippen molar-refractivity contribution in [3.8, 4) is 5.75 Å². The molecule has 0 unspecified atom stereocenters. The standard InChI is InChI=1S/C13H6F7O/c14-11(15,12(16,17)13(18,19)20)9-6-5-7-3-1-2-4-8(7)10(9)21/h1-6H. The summed E-state index contributed by atoms with van der Waals surface area (Å²) in [6.07, 6.45) is -6.48. The number of fused-ring (bicyclic) bond motifs is 1. The molecule has 0 aliphatic rings. The van der Waals surface area contributed by atoms with Gasteiger partial charge in [-0.1, -0.05) is 30.3 Å². The van der Waals surface area contributed by atoms with Crippen LogP contribution in [0.4, 0.5) is 30.7 Å². The Bertz CT molecular complexity index is 676. The molecule has 0 N–H and O–H groups in total. The topological polar surface area (TPSA) is 19.9 Å². The van der Waals surface area contributed by atoms with Crippen LogP contribution in [0.15, 0.2) is 36.4 Å². The fourth-order valence-electron chi connectivity index (χ4n) is 1.84. The summed E-state index contributed by atoms with van der Waals surface area (Å²) in [6.45, 7) is 0. The molecule has 113 valence electrons. The second kappa shape index (κ2) is 4.51. The van der Waals surface area contributed by atoms with E-state index in [0.717, 1.165) is 12.1 Å². The monoisotopic (exact) mass is 311 g/mol. The summed E-state index contributed by atoms with van der Waals surface area (Å²) in [5.41, 5.74) is -1.89. The molecule has 0 amide bonds. The van der Waals surface area contributed by atoms with Crippen LogP contribution in [-0.4, -0.2) is 12.1 Å². The minimum Gasteiger partial charge on any atom is -0.289 e. The molecule has 1 nitrogen and oxygen atoms in total. The van der Waals surface area contributed by atoms with Gasteiger partial charge in [0.2, 0.25) is 0 Å². The Kier molecular flexibility index (Phi) is 3.30. The maximum Gasteiger partial charge on any atom is 0.460 e. The lowest BCUT2D eigenvalue weighted by Gasteiger charge is -2.28. The van der Waals surface area contributed by atoms with Crippen LogP contribution in [0.2, 0.25) is 0 Å². The summed E-state index contributed by atoms with van der Waals surface area (Å²) in [5, 5.41) is 11.6. The summed E-state index contributed by atoms with van der Waals surface area (Å²) in [7, 11) is 0. The Balaban J connectivity index is 2.68. The van der Waals surface area contributed by atoms with E-state index < -0.39 is 29.3 Å². The van der Waals surface area contributed by atoms with Gasteiger partial charge in [-0.3, -0.25) is 5.11 Å². The van der Waals surface area contributed by atoms with E-state index in [4.69, 9.17) is 0 Å². The second-order valence-electron chi connectivity index (χ2n) is 4.31. The minimum absolute atomic E-state index is 0.164. The first-order valence-corrected chi connectivity index (χ1v) is 5.52. The third kappa shape index (κ3) is 2.18. The second-order valence-corrected chi connectivity index (χ2v) is 4.31. The first kappa shape index (κ1) is 15.4. The van der Waals surface area contributed by atoms with Crippen molar-refractivity contribution in [2.24, 2.45) is 0 Å². The number of halogens is 7. The van der Waals surface area contributed by atoms with E-state index in [2.05, 4.69) is 0 Å². The number of hydrogen-bond acceptors (Lipinski definition) is 0. The molecule has 0 saturated carbocycles. The van der Waals surface area contributed by atoms with E-state index in [0.29, 0.717) is 6.07 Å². The van der Waals surface area contributed by atoms with Gasteiger partial charge in [0.1, 0.15) is 0 Å². The Labute approximate surface area is 113 Å². The lowest BCUT2D eigenvalue weighted by molar-refractivity contribution is -0.359. The molecular formula is C13H6F7O. The van der Waals surface area contributed by atoms with E-state index >= 15 is 0 Å². The normalized spacial score (nSPS) is 13.7. The molecule has 2 aromatic rings. The van der Waals surface area contributed by atoms with Crippen molar-refractivity contribution >= 4 is 10.8 Å². The van der Waals surface area contributed by atoms with Crippen molar-refractivity contribution in [3.63, 3.8) is 0 Å². The lowest BCUT2D eigenvalue weighted by Crippen LogP contribution is -2.50. The van der Waals surface area contributed by atoms with Gasteiger partial charge < -0.3 is 0 Å². The van der Waals surface area contributed by atoms with Crippen molar-refractivity contribution < 1.29 is 35.8 Å². The number of rotatable bonds is 2.